The van der Waals surface area contributed by atoms with E-state index in [0.717, 1.165) is 12.0 Å². The highest BCUT2D eigenvalue weighted by molar-refractivity contribution is 6.30. The lowest BCUT2D eigenvalue weighted by molar-refractivity contribution is 0.0928. The molecule has 0 aliphatic carbocycles. The van der Waals surface area contributed by atoms with E-state index in [1.54, 1.807) is 41.2 Å². The summed E-state index contributed by atoms with van der Waals surface area (Å²) in [6, 6.07) is 18.6. The summed E-state index contributed by atoms with van der Waals surface area (Å²) in [6.07, 6.45) is 2.52. The Bertz CT molecular complexity index is 847. The van der Waals surface area contributed by atoms with Gasteiger partial charge in [0.2, 0.25) is 0 Å². The quantitative estimate of drug-likeness (QED) is 0.669. The molecular weight excluding hydrogens is 350 g/mol. The van der Waals surface area contributed by atoms with Gasteiger partial charge >= 0.3 is 0 Å². The predicted molar refractivity (Wildman–Crippen MR) is 101 cm³/mol. The summed E-state index contributed by atoms with van der Waals surface area (Å²) in [5, 5.41) is 7.95. The zero-order valence-electron chi connectivity index (χ0n) is 14.4. The molecule has 3 rings (SSSR count). The van der Waals surface area contributed by atoms with Gasteiger partial charge in [0.1, 0.15) is 11.4 Å². The lowest BCUT2D eigenvalue weighted by atomic mass is 10.0. The second-order valence-corrected chi connectivity index (χ2v) is 6.25. The summed E-state index contributed by atoms with van der Waals surface area (Å²) in [5.74, 6) is 0.483. The largest absolute Gasteiger partial charge is 0.471 e. The molecule has 1 amide bonds. The number of nitrogens with one attached hydrogen (secondary N) is 1. The number of carbonyl (C=O) groups is 1. The van der Waals surface area contributed by atoms with Gasteiger partial charge in [-0.3, -0.25) is 4.79 Å². The molecule has 3 aromatic rings. The van der Waals surface area contributed by atoms with Crippen LogP contribution in [0.25, 0.3) is 0 Å². The number of ether oxygens (including phenoxy) is 1. The van der Waals surface area contributed by atoms with Gasteiger partial charge in [-0.15, -0.1) is 0 Å². The summed E-state index contributed by atoms with van der Waals surface area (Å²) in [4.78, 5) is 12.5. The van der Waals surface area contributed by atoms with Gasteiger partial charge in [0, 0.05) is 11.2 Å². The highest BCUT2D eigenvalue weighted by atomic mass is 35.5. The van der Waals surface area contributed by atoms with Crippen molar-refractivity contribution in [3.05, 3.63) is 83.1 Å². The number of amides is 1. The summed E-state index contributed by atoms with van der Waals surface area (Å²) < 4.78 is 7.20. The highest BCUT2D eigenvalue weighted by Gasteiger charge is 2.16. The molecule has 2 aromatic carbocycles. The average molecular weight is 370 g/mol. The number of rotatable bonds is 7. The molecule has 1 aromatic heterocycles. The van der Waals surface area contributed by atoms with Crippen molar-refractivity contribution >= 4 is 17.5 Å². The molecule has 0 saturated carbocycles. The van der Waals surface area contributed by atoms with Crippen LogP contribution in [0.5, 0.6) is 5.75 Å². The molecule has 0 saturated heterocycles. The number of hydrogen-bond acceptors (Lipinski definition) is 3. The fraction of sp³-hybridized carbons (Fsp3) is 0.200. The first kappa shape index (κ1) is 18.0. The fourth-order valence-electron chi connectivity index (χ4n) is 2.56. The van der Waals surface area contributed by atoms with Crippen molar-refractivity contribution in [1.29, 1.82) is 0 Å². The molecule has 0 bridgehead atoms. The number of carbonyl (C=O) groups excluding carboxylic acids is 1. The summed E-state index contributed by atoms with van der Waals surface area (Å²) >= 11 is 5.85. The zero-order valence-corrected chi connectivity index (χ0v) is 15.2. The third-order valence-corrected chi connectivity index (χ3v) is 4.22. The summed E-state index contributed by atoms with van der Waals surface area (Å²) in [6.45, 7) is 2.25. The van der Waals surface area contributed by atoms with Crippen molar-refractivity contribution in [2.75, 3.05) is 0 Å². The first-order valence-corrected chi connectivity index (χ1v) is 8.81. The molecule has 1 unspecified atom stereocenters. The molecule has 26 heavy (non-hydrogen) atoms. The maximum absolute atomic E-state index is 12.5. The number of halogens is 1. The van der Waals surface area contributed by atoms with Gasteiger partial charge in [-0.05, 0) is 42.3 Å². The van der Waals surface area contributed by atoms with Crippen LogP contribution in [0.4, 0.5) is 0 Å². The summed E-state index contributed by atoms with van der Waals surface area (Å²) in [5.41, 5.74) is 1.44. The average Bonchev–Trinajstić information content (AvgIpc) is 3.15. The van der Waals surface area contributed by atoms with Crippen molar-refractivity contribution in [3.63, 3.8) is 0 Å². The van der Waals surface area contributed by atoms with Crippen molar-refractivity contribution < 1.29 is 9.53 Å². The van der Waals surface area contributed by atoms with Crippen molar-refractivity contribution in [3.8, 4) is 5.75 Å². The van der Waals surface area contributed by atoms with Gasteiger partial charge in [-0.25, -0.2) is 4.68 Å². The summed E-state index contributed by atoms with van der Waals surface area (Å²) in [7, 11) is 0. The molecular formula is C20H20ClN3O2. The van der Waals surface area contributed by atoms with E-state index >= 15 is 0 Å². The third kappa shape index (κ3) is 4.64. The topological polar surface area (TPSA) is 56.2 Å². The van der Waals surface area contributed by atoms with Gasteiger partial charge in [0.25, 0.3) is 5.91 Å². The molecule has 0 aliphatic heterocycles. The maximum atomic E-state index is 12.5. The van der Waals surface area contributed by atoms with Crippen molar-refractivity contribution in [1.82, 2.24) is 15.1 Å². The van der Waals surface area contributed by atoms with Gasteiger partial charge < -0.3 is 10.1 Å². The molecule has 5 nitrogen and oxygen atoms in total. The smallest absolute Gasteiger partial charge is 0.272 e. The lowest BCUT2D eigenvalue weighted by Gasteiger charge is -2.16. The van der Waals surface area contributed by atoms with E-state index in [-0.39, 0.29) is 18.7 Å². The third-order valence-electron chi connectivity index (χ3n) is 3.97. The standard InChI is InChI=1S/C20H20ClN3O2/c1-2-18(15-6-4-3-5-7-15)22-20(25)19-12-13-24(23-19)14-26-17-10-8-16(21)9-11-17/h3-13,18H,2,14H2,1H3,(H,22,25). The molecule has 1 heterocycles. The molecule has 0 aliphatic rings. The van der Waals surface area contributed by atoms with Gasteiger partial charge in [-0.1, -0.05) is 48.9 Å². The number of benzene rings is 2. The van der Waals surface area contributed by atoms with Crippen LogP contribution in [0.15, 0.2) is 66.9 Å². The van der Waals surface area contributed by atoms with Gasteiger partial charge in [0.15, 0.2) is 6.73 Å². The van der Waals surface area contributed by atoms with Crippen LogP contribution < -0.4 is 10.1 Å². The Hall–Kier alpha value is -2.79. The first-order valence-electron chi connectivity index (χ1n) is 8.43. The zero-order chi connectivity index (χ0) is 18.4. The van der Waals surface area contributed by atoms with Crippen LogP contribution in [0.1, 0.15) is 35.4 Å². The minimum atomic E-state index is -0.203. The molecule has 1 N–H and O–H groups in total. The van der Waals surface area contributed by atoms with E-state index in [1.165, 1.54) is 0 Å². The van der Waals surface area contributed by atoms with E-state index in [9.17, 15) is 4.79 Å². The van der Waals surface area contributed by atoms with Crippen LogP contribution in [-0.2, 0) is 6.73 Å². The second kappa shape index (κ2) is 8.54. The molecule has 0 spiro atoms. The van der Waals surface area contributed by atoms with E-state index in [2.05, 4.69) is 10.4 Å². The Balaban J connectivity index is 1.59. The Kier molecular flexibility index (Phi) is 5.92. The second-order valence-electron chi connectivity index (χ2n) is 5.81. The van der Waals surface area contributed by atoms with Gasteiger partial charge in [0.05, 0.1) is 6.04 Å². The molecule has 134 valence electrons. The predicted octanol–water partition coefficient (Wildman–Crippen LogP) is 4.45. The molecule has 1 atom stereocenters. The number of hydrogen-bond donors (Lipinski definition) is 1. The first-order chi connectivity index (χ1) is 12.7. The van der Waals surface area contributed by atoms with E-state index in [0.29, 0.717) is 16.5 Å². The SMILES string of the molecule is CCC(NC(=O)c1ccn(COc2ccc(Cl)cc2)n1)c1ccccc1. The van der Waals surface area contributed by atoms with E-state index in [4.69, 9.17) is 16.3 Å². The normalized spacial score (nSPS) is 11.8. The molecule has 6 heteroatoms. The van der Waals surface area contributed by atoms with Crippen LogP contribution in [0, 0.1) is 0 Å². The Morgan fingerprint density at radius 3 is 2.58 bits per heavy atom. The fourth-order valence-corrected chi connectivity index (χ4v) is 2.69. The monoisotopic (exact) mass is 369 g/mol. The highest BCUT2D eigenvalue weighted by Crippen LogP contribution is 2.17. The van der Waals surface area contributed by atoms with E-state index in [1.807, 2.05) is 37.3 Å². The lowest BCUT2D eigenvalue weighted by Crippen LogP contribution is -2.28. The minimum absolute atomic E-state index is 0.0424. The van der Waals surface area contributed by atoms with Crippen molar-refractivity contribution in [2.45, 2.75) is 26.1 Å². The molecule has 0 radical (unpaired) electrons. The Labute approximate surface area is 157 Å². The maximum Gasteiger partial charge on any atom is 0.272 e. The molecule has 0 fully saturated rings. The number of aromatic nitrogens is 2. The van der Waals surface area contributed by atoms with Crippen LogP contribution in [0.3, 0.4) is 0 Å². The number of nitrogens with zero attached hydrogens (tertiary/aromatic N) is 2. The van der Waals surface area contributed by atoms with Crippen LogP contribution >= 0.6 is 11.6 Å². The van der Waals surface area contributed by atoms with Gasteiger partial charge in [-0.2, -0.15) is 5.10 Å². The Morgan fingerprint density at radius 1 is 1.15 bits per heavy atom. The van der Waals surface area contributed by atoms with Crippen molar-refractivity contribution in [2.24, 2.45) is 0 Å². The van der Waals surface area contributed by atoms with E-state index < -0.39 is 0 Å². The van der Waals surface area contributed by atoms with Crippen LogP contribution in [-0.4, -0.2) is 15.7 Å². The minimum Gasteiger partial charge on any atom is -0.471 e. The Morgan fingerprint density at radius 2 is 1.88 bits per heavy atom. The van der Waals surface area contributed by atoms with Crippen LogP contribution in [0.2, 0.25) is 5.02 Å².